The van der Waals surface area contributed by atoms with Crippen LogP contribution in [0.3, 0.4) is 0 Å². The lowest BCUT2D eigenvalue weighted by Crippen LogP contribution is -2.21. The minimum Gasteiger partial charge on any atom is -0.493 e. The van der Waals surface area contributed by atoms with E-state index in [0.29, 0.717) is 23.2 Å². The van der Waals surface area contributed by atoms with Gasteiger partial charge in [0.15, 0.2) is 11.5 Å². The quantitative estimate of drug-likeness (QED) is 0.873. The van der Waals surface area contributed by atoms with Crippen LogP contribution in [0, 0.1) is 5.92 Å². The summed E-state index contributed by atoms with van der Waals surface area (Å²) in [7, 11) is 4.83. The third-order valence-corrected chi connectivity index (χ3v) is 4.04. The van der Waals surface area contributed by atoms with Gasteiger partial charge in [0.1, 0.15) is 0 Å². The fourth-order valence-corrected chi connectivity index (χ4v) is 2.79. The van der Waals surface area contributed by atoms with Crippen LogP contribution in [0.15, 0.2) is 12.1 Å². The molecule has 1 saturated heterocycles. The number of benzene rings is 1. The second-order valence-electron chi connectivity index (χ2n) is 5.36. The first-order chi connectivity index (χ1) is 10.2. The highest BCUT2D eigenvalue weighted by atomic mass is 16.5. The predicted molar refractivity (Wildman–Crippen MR) is 81.2 cm³/mol. The molecule has 118 valence electrons. The fraction of sp³-hybridized carbons (Fsp3) is 0.625. The van der Waals surface area contributed by atoms with Gasteiger partial charge < -0.3 is 24.7 Å². The molecule has 1 heterocycles. The van der Waals surface area contributed by atoms with Crippen LogP contribution in [-0.4, -0.2) is 34.5 Å². The second-order valence-corrected chi connectivity index (χ2v) is 5.36. The molecule has 2 N–H and O–H groups in total. The molecule has 5 nitrogen and oxygen atoms in total. The van der Waals surface area contributed by atoms with Gasteiger partial charge in [0.05, 0.1) is 21.3 Å². The third-order valence-electron chi connectivity index (χ3n) is 4.04. The maximum atomic E-state index is 6.37. The fourth-order valence-electron chi connectivity index (χ4n) is 2.79. The monoisotopic (exact) mass is 295 g/mol. The Kier molecular flexibility index (Phi) is 5.70. The standard InChI is InChI=1S/C16H25NO4/c1-18-14-9-12(10-15(19-2)16(14)20-3)13(17)8-11-4-6-21-7-5-11/h9-11,13H,4-8,17H2,1-3H3. The van der Waals surface area contributed by atoms with Crippen LogP contribution in [-0.2, 0) is 4.74 Å². The lowest BCUT2D eigenvalue weighted by atomic mass is 9.90. The van der Waals surface area contributed by atoms with E-state index in [0.717, 1.165) is 38.0 Å². The molecule has 1 fully saturated rings. The summed E-state index contributed by atoms with van der Waals surface area (Å²) in [5.41, 5.74) is 7.38. The zero-order valence-electron chi connectivity index (χ0n) is 13.1. The van der Waals surface area contributed by atoms with E-state index in [1.54, 1.807) is 21.3 Å². The van der Waals surface area contributed by atoms with Gasteiger partial charge in [0.2, 0.25) is 5.75 Å². The minimum absolute atomic E-state index is 0.0400. The van der Waals surface area contributed by atoms with E-state index in [4.69, 9.17) is 24.7 Å². The summed E-state index contributed by atoms with van der Waals surface area (Å²) in [4.78, 5) is 0. The molecule has 2 rings (SSSR count). The summed E-state index contributed by atoms with van der Waals surface area (Å²) in [6.07, 6.45) is 3.11. The van der Waals surface area contributed by atoms with E-state index >= 15 is 0 Å². The molecule has 1 aromatic carbocycles. The molecule has 0 aromatic heterocycles. The Balaban J connectivity index is 2.17. The summed E-state index contributed by atoms with van der Waals surface area (Å²) in [6, 6.07) is 3.83. The van der Waals surface area contributed by atoms with E-state index in [1.807, 2.05) is 12.1 Å². The Hall–Kier alpha value is -1.46. The van der Waals surface area contributed by atoms with Gasteiger partial charge in [-0.25, -0.2) is 0 Å². The van der Waals surface area contributed by atoms with Crippen LogP contribution in [0.2, 0.25) is 0 Å². The van der Waals surface area contributed by atoms with Crippen LogP contribution in [0.1, 0.15) is 30.9 Å². The molecule has 1 aliphatic rings. The molecule has 0 saturated carbocycles. The lowest BCUT2D eigenvalue weighted by Gasteiger charge is -2.25. The van der Waals surface area contributed by atoms with Gasteiger partial charge in [-0.15, -0.1) is 0 Å². The van der Waals surface area contributed by atoms with E-state index in [1.165, 1.54) is 0 Å². The first-order valence-electron chi connectivity index (χ1n) is 7.32. The number of hydrogen-bond acceptors (Lipinski definition) is 5. The summed E-state index contributed by atoms with van der Waals surface area (Å²) >= 11 is 0. The molecule has 0 spiro atoms. The van der Waals surface area contributed by atoms with Gasteiger partial charge >= 0.3 is 0 Å². The molecule has 5 heteroatoms. The third kappa shape index (κ3) is 3.80. The molecule has 0 amide bonds. The van der Waals surface area contributed by atoms with Gasteiger partial charge in [-0.3, -0.25) is 0 Å². The minimum atomic E-state index is -0.0400. The smallest absolute Gasteiger partial charge is 0.203 e. The Labute approximate surface area is 126 Å². The average molecular weight is 295 g/mol. The van der Waals surface area contributed by atoms with Crippen molar-refractivity contribution in [2.45, 2.75) is 25.3 Å². The lowest BCUT2D eigenvalue weighted by molar-refractivity contribution is 0.0618. The topological polar surface area (TPSA) is 62.9 Å². The first-order valence-corrected chi connectivity index (χ1v) is 7.32. The molecule has 1 aliphatic heterocycles. The highest BCUT2D eigenvalue weighted by molar-refractivity contribution is 5.54. The summed E-state index contributed by atoms with van der Waals surface area (Å²) in [5.74, 6) is 2.51. The second kappa shape index (κ2) is 7.52. The van der Waals surface area contributed by atoms with E-state index in [9.17, 15) is 0 Å². The molecule has 0 bridgehead atoms. The van der Waals surface area contributed by atoms with Crippen molar-refractivity contribution < 1.29 is 18.9 Å². The predicted octanol–water partition coefficient (Wildman–Crippen LogP) is 2.53. The van der Waals surface area contributed by atoms with E-state index in [2.05, 4.69) is 0 Å². The van der Waals surface area contributed by atoms with Crippen molar-refractivity contribution in [2.24, 2.45) is 11.7 Å². The Bertz CT molecular complexity index is 433. The Morgan fingerprint density at radius 1 is 1.10 bits per heavy atom. The number of hydrogen-bond donors (Lipinski definition) is 1. The zero-order chi connectivity index (χ0) is 15.2. The van der Waals surface area contributed by atoms with Crippen molar-refractivity contribution in [2.75, 3.05) is 34.5 Å². The number of methoxy groups -OCH3 is 3. The van der Waals surface area contributed by atoms with Gasteiger partial charge in [-0.05, 0) is 42.9 Å². The molecule has 0 radical (unpaired) electrons. The highest BCUT2D eigenvalue weighted by Gasteiger charge is 2.21. The number of nitrogens with two attached hydrogens (primary N) is 1. The van der Waals surface area contributed by atoms with E-state index in [-0.39, 0.29) is 6.04 Å². The average Bonchev–Trinajstić information content (AvgIpc) is 2.54. The SMILES string of the molecule is COc1cc(C(N)CC2CCOCC2)cc(OC)c1OC. The Morgan fingerprint density at radius 3 is 2.14 bits per heavy atom. The van der Waals surface area contributed by atoms with E-state index < -0.39 is 0 Å². The van der Waals surface area contributed by atoms with Gasteiger partial charge in [0, 0.05) is 19.3 Å². The number of rotatable bonds is 6. The van der Waals surface area contributed by atoms with Crippen molar-refractivity contribution >= 4 is 0 Å². The van der Waals surface area contributed by atoms with Crippen LogP contribution >= 0.6 is 0 Å². The number of ether oxygens (including phenoxy) is 4. The maximum Gasteiger partial charge on any atom is 0.203 e. The molecule has 0 aliphatic carbocycles. The van der Waals surface area contributed by atoms with Crippen molar-refractivity contribution in [3.8, 4) is 17.2 Å². The molecular formula is C16H25NO4. The van der Waals surface area contributed by atoms with Crippen molar-refractivity contribution in [1.82, 2.24) is 0 Å². The van der Waals surface area contributed by atoms with Crippen LogP contribution in [0.25, 0.3) is 0 Å². The summed E-state index contributed by atoms with van der Waals surface area (Å²) in [5, 5.41) is 0. The van der Waals surface area contributed by atoms with Crippen LogP contribution < -0.4 is 19.9 Å². The maximum absolute atomic E-state index is 6.37. The molecular weight excluding hydrogens is 270 g/mol. The molecule has 1 aromatic rings. The first kappa shape index (κ1) is 15.9. The van der Waals surface area contributed by atoms with Crippen molar-refractivity contribution in [1.29, 1.82) is 0 Å². The normalized spacial score (nSPS) is 17.3. The molecule has 1 atom stereocenters. The van der Waals surface area contributed by atoms with Gasteiger partial charge in [0.25, 0.3) is 0 Å². The zero-order valence-corrected chi connectivity index (χ0v) is 13.1. The van der Waals surface area contributed by atoms with Crippen molar-refractivity contribution in [3.05, 3.63) is 17.7 Å². The summed E-state index contributed by atoms with van der Waals surface area (Å²) in [6.45, 7) is 1.68. The summed E-state index contributed by atoms with van der Waals surface area (Å²) < 4.78 is 21.5. The largest absolute Gasteiger partial charge is 0.493 e. The van der Waals surface area contributed by atoms with Gasteiger partial charge in [-0.1, -0.05) is 0 Å². The van der Waals surface area contributed by atoms with Crippen molar-refractivity contribution in [3.63, 3.8) is 0 Å². The highest BCUT2D eigenvalue weighted by Crippen LogP contribution is 2.40. The Morgan fingerprint density at radius 2 is 1.67 bits per heavy atom. The van der Waals surface area contributed by atoms with Crippen LogP contribution in [0.4, 0.5) is 0 Å². The molecule has 21 heavy (non-hydrogen) atoms. The molecule has 1 unspecified atom stereocenters. The van der Waals surface area contributed by atoms with Gasteiger partial charge in [-0.2, -0.15) is 0 Å². The van der Waals surface area contributed by atoms with Crippen LogP contribution in [0.5, 0.6) is 17.2 Å².